The molecule has 3 unspecified atom stereocenters. The molecular weight excluding hydrogens is 587 g/mol. The Kier molecular flexibility index (Phi) is 10.8. The number of pyridine rings is 1. The van der Waals surface area contributed by atoms with Gasteiger partial charge in [-0.25, -0.2) is 14.0 Å². The van der Waals surface area contributed by atoms with E-state index in [0.717, 1.165) is 11.1 Å². The standard InChI is InChI=1S/C33H38ClFN4O5/c1-6-8-24(34)30(35)29(19(2)3)28-14-16-39(33(42)44-28)27-10-7-9-20(4)31(40)38-25-18-22(37-32(41)43-5)11-12-23(25)21-13-15-36-26(27)17-21/h6,8,11-13,15,17-18,20,27-28H,7,9-10,14,16H2,1-5H3,(H,37,41)(H,38,40)/b8-6-,30-24-. The second-order valence-electron chi connectivity index (χ2n) is 11.1. The van der Waals surface area contributed by atoms with Crippen LogP contribution >= 0.6 is 11.6 Å². The predicted octanol–water partition coefficient (Wildman–Crippen LogP) is 8.27. The number of hydrogen-bond acceptors (Lipinski definition) is 6. The summed E-state index contributed by atoms with van der Waals surface area (Å²) in [5.74, 6) is -1.08. The van der Waals surface area contributed by atoms with Gasteiger partial charge in [-0.15, -0.1) is 0 Å². The number of allylic oxidation sites excluding steroid dienone is 4. The zero-order valence-electron chi connectivity index (χ0n) is 25.6. The maximum absolute atomic E-state index is 15.3. The molecule has 9 nitrogen and oxygen atoms in total. The van der Waals surface area contributed by atoms with E-state index >= 15 is 4.39 Å². The molecule has 2 aliphatic heterocycles. The summed E-state index contributed by atoms with van der Waals surface area (Å²) in [6.07, 6.45) is 4.95. The number of anilines is 2. The summed E-state index contributed by atoms with van der Waals surface area (Å²) in [6, 6.07) is 8.49. The number of benzene rings is 1. The number of amides is 3. The Morgan fingerprint density at radius 3 is 2.66 bits per heavy atom. The zero-order valence-corrected chi connectivity index (χ0v) is 26.3. The SMILES string of the molecule is C/C=C\C(Cl)=C(\F)C(=C(C)C)C1CCN(C2CCCC(C)C(=O)Nc3cc(NC(=O)OC)ccc3-c3ccnc2c3)C(=O)O1. The molecule has 234 valence electrons. The fourth-order valence-electron chi connectivity index (χ4n) is 5.53. The summed E-state index contributed by atoms with van der Waals surface area (Å²) >= 11 is 6.17. The average molecular weight is 625 g/mol. The fraction of sp³-hybridized carbons (Fsp3) is 0.394. The average Bonchev–Trinajstić information content (AvgIpc) is 2.99. The first-order valence-electron chi connectivity index (χ1n) is 14.6. The van der Waals surface area contributed by atoms with Crippen molar-refractivity contribution in [3.63, 3.8) is 0 Å². The van der Waals surface area contributed by atoms with Crippen molar-refractivity contribution in [1.82, 2.24) is 9.88 Å². The molecule has 0 spiro atoms. The lowest BCUT2D eigenvalue weighted by Gasteiger charge is -2.38. The molecule has 11 heteroatoms. The number of ether oxygens (including phenoxy) is 2. The van der Waals surface area contributed by atoms with Crippen molar-refractivity contribution in [1.29, 1.82) is 0 Å². The van der Waals surface area contributed by atoms with Gasteiger partial charge < -0.3 is 14.8 Å². The van der Waals surface area contributed by atoms with E-state index in [1.165, 1.54) is 13.2 Å². The molecule has 44 heavy (non-hydrogen) atoms. The number of nitrogens with one attached hydrogen (secondary N) is 2. The minimum Gasteiger partial charge on any atom is -0.453 e. The molecule has 3 atom stereocenters. The first-order valence-corrected chi connectivity index (χ1v) is 15.0. The Hall–Kier alpha value is -4.18. The van der Waals surface area contributed by atoms with E-state index in [1.54, 1.807) is 56.1 Å². The topological polar surface area (TPSA) is 110 Å². The molecule has 3 amide bonds. The van der Waals surface area contributed by atoms with Crippen LogP contribution < -0.4 is 10.6 Å². The van der Waals surface area contributed by atoms with Gasteiger partial charge in [0.05, 0.1) is 29.6 Å². The number of halogens is 2. The van der Waals surface area contributed by atoms with Crippen molar-refractivity contribution in [2.75, 3.05) is 24.3 Å². The zero-order chi connectivity index (χ0) is 32.0. The Labute approximate surface area is 262 Å². The lowest BCUT2D eigenvalue weighted by atomic mass is 9.94. The van der Waals surface area contributed by atoms with Gasteiger partial charge in [0.2, 0.25) is 5.91 Å². The second-order valence-corrected chi connectivity index (χ2v) is 11.5. The van der Waals surface area contributed by atoms with Crippen molar-refractivity contribution >= 4 is 41.1 Å². The van der Waals surface area contributed by atoms with Crippen molar-refractivity contribution < 1.29 is 28.2 Å². The van der Waals surface area contributed by atoms with Crippen molar-refractivity contribution in [2.45, 2.75) is 65.5 Å². The monoisotopic (exact) mass is 624 g/mol. The summed E-state index contributed by atoms with van der Waals surface area (Å²) in [7, 11) is 1.27. The van der Waals surface area contributed by atoms with E-state index in [-0.39, 0.29) is 22.4 Å². The van der Waals surface area contributed by atoms with E-state index in [0.29, 0.717) is 54.9 Å². The molecular formula is C33H38ClFN4O5. The normalized spacial score (nSPS) is 21.2. The van der Waals surface area contributed by atoms with Crippen LogP contribution in [0.3, 0.4) is 0 Å². The molecule has 1 aromatic carbocycles. The van der Waals surface area contributed by atoms with Crippen LogP contribution in [-0.2, 0) is 14.3 Å². The number of hydrogen-bond donors (Lipinski definition) is 2. The van der Waals surface area contributed by atoms with E-state index < -0.39 is 30.2 Å². The maximum Gasteiger partial charge on any atom is 0.411 e. The number of fused-ring (bicyclic) bond motifs is 4. The van der Waals surface area contributed by atoms with Crippen LogP contribution in [0.15, 0.2) is 70.7 Å². The third-order valence-corrected chi connectivity index (χ3v) is 8.10. The largest absolute Gasteiger partial charge is 0.453 e. The van der Waals surface area contributed by atoms with Gasteiger partial charge in [0, 0.05) is 41.9 Å². The second kappa shape index (κ2) is 14.5. The van der Waals surface area contributed by atoms with E-state index in [1.807, 2.05) is 19.1 Å². The summed E-state index contributed by atoms with van der Waals surface area (Å²) < 4.78 is 25.9. The quantitative estimate of drug-likeness (QED) is 0.324. The van der Waals surface area contributed by atoms with Crippen LogP contribution in [0.1, 0.15) is 65.1 Å². The van der Waals surface area contributed by atoms with Crippen LogP contribution in [0.25, 0.3) is 11.1 Å². The third kappa shape index (κ3) is 7.48. The van der Waals surface area contributed by atoms with Crippen LogP contribution in [0.5, 0.6) is 0 Å². The summed E-state index contributed by atoms with van der Waals surface area (Å²) in [5.41, 5.74) is 4.09. The van der Waals surface area contributed by atoms with Crippen molar-refractivity contribution in [3.05, 3.63) is 76.4 Å². The fourth-order valence-corrected chi connectivity index (χ4v) is 5.75. The summed E-state index contributed by atoms with van der Waals surface area (Å²) in [5, 5.41) is 5.59. The molecule has 3 heterocycles. The van der Waals surface area contributed by atoms with Crippen LogP contribution in [-0.4, -0.2) is 47.7 Å². The highest BCUT2D eigenvalue weighted by atomic mass is 35.5. The molecule has 2 aliphatic rings. The van der Waals surface area contributed by atoms with Gasteiger partial charge >= 0.3 is 12.2 Å². The number of cyclic esters (lactones) is 1. The highest BCUT2D eigenvalue weighted by Gasteiger charge is 2.37. The van der Waals surface area contributed by atoms with Crippen LogP contribution in [0, 0.1) is 5.92 Å². The first-order chi connectivity index (χ1) is 21.0. The predicted molar refractivity (Wildman–Crippen MR) is 169 cm³/mol. The lowest BCUT2D eigenvalue weighted by Crippen LogP contribution is -2.45. The number of methoxy groups -OCH3 is 1. The molecule has 1 fully saturated rings. The van der Waals surface area contributed by atoms with Gasteiger partial charge in [0.25, 0.3) is 0 Å². The highest BCUT2D eigenvalue weighted by Crippen LogP contribution is 2.38. The van der Waals surface area contributed by atoms with E-state index in [4.69, 9.17) is 21.1 Å². The van der Waals surface area contributed by atoms with Gasteiger partial charge in [0.1, 0.15) is 11.9 Å². The molecule has 0 radical (unpaired) electrons. The third-order valence-electron chi connectivity index (χ3n) is 7.81. The smallest absolute Gasteiger partial charge is 0.411 e. The van der Waals surface area contributed by atoms with Gasteiger partial charge in [-0.2, -0.15) is 0 Å². The number of nitrogens with zero attached hydrogens (tertiary/aromatic N) is 2. The molecule has 0 aliphatic carbocycles. The number of aromatic nitrogens is 1. The van der Waals surface area contributed by atoms with Crippen molar-refractivity contribution in [3.8, 4) is 11.1 Å². The molecule has 1 saturated heterocycles. The Morgan fingerprint density at radius 2 is 1.98 bits per heavy atom. The van der Waals surface area contributed by atoms with Crippen LogP contribution in [0.4, 0.5) is 25.4 Å². The molecule has 2 N–H and O–H groups in total. The van der Waals surface area contributed by atoms with E-state index in [9.17, 15) is 14.4 Å². The Morgan fingerprint density at radius 1 is 1.20 bits per heavy atom. The van der Waals surface area contributed by atoms with E-state index in [2.05, 4.69) is 15.6 Å². The molecule has 2 aromatic rings. The van der Waals surface area contributed by atoms with Gasteiger partial charge in [-0.1, -0.05) is 42.7 Å². The highest BCUT2D eigenvalue weighted by molar-refractivity contribution is 6.31. The minimum absolute atomic E-state index is 0.0471. The minimum atomic E-state index is -0.781. The number of carbonyl (C=O) groups excluding carboxylic acids is 3. The summed E-state index contributed by atoms with van der Waals surface area (Å²) in [6.45, 7) is 7.45. The van der Waals surface area contributed by atoms with Crippen LogP contribution in [0.2, 0.25) is 0 Å². The molecule has 0 saturated carbocycles. The molecule has 2 bridgehead atoms. The Balaban J connectivity index is 1.69. The molecule has 4 rings (SSSR count). The Bertz CT molecular complexity index is 1520. The molecule has 1 aromatic heterocycles. The van der Waals surface area contributed by atoms with Gasteiger partial charge in [-0.05, 0) is 69.5 Å². The number of carbonyl (C=O) groups is 3. The maximum atomic E-state index is 15.3. The van der Waals surface area contributed by atoms with Gasteiger partial charge in [0.15, 0.2) is 0 Å². The number of rotatable bonds is 5. The van der Waals surface area contributed by atoms with Crippen molar-refractivity contribution in [2.24, 2.45) is 5.92 Å². The summed E-state index contributed by atoms with van der Waals surface area (Å²) in [4.78, 5) is 44.8. The van der Waals surface area contributed by atoms with Gasteiger partial charge in [-0.3, -0.25) is 20.0 Å². The first kappa shape index (κ1) is 32.7. The lowest BCUT2D eigenvalue weighted by molar-refractivity contribution is -0.119.